The minimum absolute atomic E-state index is 0.207. The Kier molecular flexibility index (Phi) is 3.23. The molecule has 0 aliphatic rings. The van der Waals surface area contributed by atoms with Crippen LogP contribution in [-0.2, 0) is 0 Å². The van der Waals surface area contributed by atoms with Crippen LogP contribution in [0, 0.1) is 5.82 Å². The number of thiol groups is 1. The van der Waals surface area contributed by atoms with Crippen molar-refractivity contribution in [2.75, 3.05) is 17.6 Å². The van der Waals surface area contributed by atoms with E-state index in [2.05, 4.69) is 17.9 Å². The largest absolute Gasteiger partial charge is 0.384 e. The van der Waals surface area contributed by atoms with Gasteiger partial charge in [0, 0.05) is 18.0 Å². The Morgan fingerprint density at radius 3 is 2.45 bits per heavy atom. The van der Waals surface area contributed by atoms with Gasteiger partial charge in [0.2, 0.25) is 0 Å². The molecule has 0 aromatic heterocycles. The molecule has 0 saturated heterocycles. The van der Waals surface area contributed by atoms with Gasteiger partial charge in [0.1, 0.15) is 5.82 Å². The zero-order valence-corrected chi connectivity index (χ0v) is 6.94. The SMILES string of the molecule is Fc1ccc(NCCS)cc1. The summed E-state index contributed by atoms with van der Waals surface area (Å²) in [5.74, 6) is 0.568. The molecule has 1 nitrogen and oxygen atoms in total. The molecule has 1 rings (SSSR count). The Morgan fingerprint density at radius 1 is 1.27 bits per heavy atom. The molecule has 0 spiro atoms. The highest BCUT2D eigenvalue weighted by molar-refractivity contribution is 7.80. The first-order valence-corrected chi connectivity index (χ1v) is 4.06. The van der Waals surface area contributed by atoms with Crippen LogP contribution in [0.15, 0.2) is 24.3 Å². The van der Waals surface area contributed by atoms with Crippen LogP contribution in [-0.4, -0.2) is 12.3 Å². The molecule has 1 aromatic carbocycles. The van der Waals surface area contributed by atoms with E-state index in [0.29, 0.717) is 0 Å². The minimum atomic E-state index is -0.207. The molecule has 0 saturated carbocycles. The molecule has 0 unspecified atom stereocenters. The quantitative estimate of drug-likeness (QED) is 0.664. The fourth-order valence-electron chi connectivity index (χ4n) is 0.768. The fourth-order valence-corrected chi connectivity index (χ4v) is 0.880. The van der Waals surface area contributed by atoms with Crippen molar-refractivity contribution in [1.82, 2.24) is 0 Å². The number of nitrogens with one attached hydrogen (secondary N) is 1. The predicted octanol–water partition coefficient (Wildman–Crippen LogP) is 2.17. The molecule has 3 heteroatoms. The zero-order valence-electron chi connectivity index (χ0n) is 6.05. The lowest BCUT2D eigenvalue weighted by molar-refractivity contribution is 0.628. The first-order chi connectivity index (χ1) is 5.33. The highest BCUT2D eigenvalue weighted by Gasteiger charge is 1.90. The lowest BCUT2D eigenvalue weighted by Crippen LogP contribution is -2.01. The summed E-state index contributed by atoms with van der Waals surface area (Å²) in [6, 6.07) is 6.28. The fraction of sp³-hybridized carbons (Fsp3) is 0.250. The monoisotopic (exact) mass is 171 g/mol. The smallest absolute Gasteiger partial charge is 0.123 e. The molecule has 1 aromatic rings. The van der Waals surface area contributed by atoms with Crippen LogP contribution >= 0.6 is 12.6 Å². The van der Waals surface area contributed by atoms with E-state index >= 15 is 0 Å². The van der Waals surface area contributed by atoms with Crippen molar-refractivity contribution in [3.8, 4) is 0 Å². The molecular formula is C8H10FNS. The van der Waals surface area contributed by atoms with Crippen molar-refractivity contribution in [3.63, 3.8) is 0 Å². The maximum atomic E-state index is 12.4. The number of anilines is 1. The van der Waals surface area contributed by atoms with Crippen LogP contribution in [0.4, 0.5) is 10.1 Å². The molecule has 60 valence electrons. The van der Waals surface area contributed by atoms with E-state index in [1.165, 1.54) is 12.1 Å². The van der Waals surface area contributed by atoms with E-state index in [9.17, 15) is 4.39 Å². The van der Waals surface area contributed by atoms with Gasteiger partial charge >= 0.3 is 0 Å². The van der Waals surface area contributed by atoms with Crippen molar-refractivity contribution in [1.29, 1.82) is 0 Å². The third kappa shape index (κ3) is 2.80. The number of hydrogen-bond donors (Lipinski definition) is 2. The van der Waals surface area contributed by atoms with Gasteiger partial charge in [-0.1, -0.05) is 0 Å². The summed E-state index contributed by atoms with van der Waals surface area (Å²) >= 11 is 4.03. The lowest BCUT2D eigenvalue weighted by atomic mass is 10.3. The van der Waals surface area contributed by atoms with Crippen LogP contribution in [0.2, 0.25) is 0 Å². The third-order valence-electron chi connectivity index (χ3n) is 1.29. The van der Waals surface area contributed by atoms with Gasteiger partial charge in [0.05, 0.1) is 0 Å². The topological polar surface area (TPSA) is 12.0 Å². The lowest BCUT2D eigenvalue weighted by Gasteiger charge is -2.02. The van der Waals surface area contributed by atoms with Gasteiger partial charge in [0.25, 0.3) is 0 Å². The number of benzene rings is 1. The Labute approximate surface area is 71.0 Å². The molecule has 11 heavy (non-hydrogen) atoms. The van der Waals surface area contributed by atoms with E-state index in [4.69, 9.17) is 0 Å². The molecule has 0 amide bonds. The maximum Gasteiger partial charge on any atom is 0.123 e. The first kappa shape index (κ1) is 8.40. The average molecular weight is 171 g/mol. The van der Waals surface area contributed by atoms with E-state index in [-0.39, 0.29) is 5.82 Å². The van der Waals surface area contributed by atoms with Crippen LogP contribution in [0.5, 0.6) is 0 Å². The van der Waals surface area contributed by atoms with Crippen LogP contribution < -0.4 is 5.32 Å². The van der Waals surface area contributed by atoms with E-state index in [1.807, 2.05) is 0 Å². The van der Waals surface area contributed by atoms with Gasteiger partial charge in [-0.2, -0.15) is 12.6 Å². The van der Waals surface area contributed by atoms with Gasteiger partial charge in [0.15, 0.2) is 0 Å². The molecule has 0 aliphatic heterocycles. The second kappa shape index (κ2) is 4.23. The molecule has 0 aliphatic carbocycles. The summed E-state index contributed by atoms with van der Waals surface area (Å²) in [5, 5.41) is 3.08. The van der Waals surface area contributed by atoms with Gasteiger partial charge in [-0.05, 0) is 24.3 Å². The summed E-state index contributed by atoms with van der Waals surface area (Å²) in [5.41, 5.74) is 0.931. The van der Waals surface area contributed by atoms with Crippen molar-refractivity contribution >= 4 is 18.3 Å². The van der Waals surface area contributed by atoms with Crippen LogP contribution in [0.3, 0.4) is 0 Å². The van der Waals surface area contributed by atoms with Crippen LogP contribution in [0.25, 0.3) is 0 Å². The molecule has 0 bridgehead atoms. The Balaban J connectivity index is 2.52. The molecular weight excluding hydrogens is 161 g/mol. The van der Waals surface area contributed by atoms with Crippen LogP contribution in [0.1, 0.15) is 0 Å². The Bertz CT molecular complexity index is 210. The van der Waals surface area contributed by atoms with Gasteiger partial charge in [-0.25, -0.2) is 4.39 Å². The highest BCUT2D eigenvalue weighted by Crippen LogP contribution is 2.07. The van der Waals surface area contributed by atoms with E-state index in [0.717, 1.165) is 18.0 Å². The van der Waals surface area contributed by atoms with Gasteiger partial charge in [-0.15, -0.1) is 0 Å². The zero-order chi connectivity index (χ0) is 8.10. The minimum Gasteiger partial charge on any atom is -0.384 e. The molecule has 0 heterocycles. The summed E-state index contributed by atoms with van der Waals surface area (Å²) < 4.78 is 12.4. The van der Waals surface area contributed by atoms with Gasteiger partial charge in [-0.3, -0.25) is 0 Å². The molecule has 0 atom stereocenters. The summed E-state index contributed by atoms with van der Waals surface area (Å²) in [7, 11) is 0. The number of rotatable bonds is 3. The van der Waals surface area contributed by atoms with Crippen molar-refractivity contribution < 1.29 is 4.39 Å². The first-order valence-electron chi connectivity index (χ1n) is 3.43. The third-order valence-corrected chi connectivity index (χ3v) is 1.51. The summed E-state index contributed by atoms with van der Waals surface area (Å²) in [6.45, 7) is 0.800. The maximum absolute atomic E-state index is 12.4. The number of hydrogen-bond acceptors (Lipinski definition) is 2. The predicted molar refractivity (Wildman–Crippen MR) is 48.7 cm³/mol. The molecule has 0 radical (unpaired) electrons. The standard InChI is InChI=1S/C8H10FNS/c9-7-1-3-8(4-2-7)10-5-6-11/h1-4,10-11H,5-6H2. The summed E-state index contributed by atoms with van der Waals surface area (Å²) in [4.78, 5) is 0. The van der Waals surface area contributed by atoms with E-state index < -0.39 is 0 Å². The van der Waals surface area contributed by atoms with Gasteiger partial charge < -0.3 is 5.32 Å². The number of halogens is 1. The Morgan fingerprint density at radius 2 is 1.91 bits per heavy atom. The van der Waals surface area contributed by atoms with E-state index in [1.54, 1.807) is 12.1 Å². The van der Waals surface area contributed by atoms with Crippen molar-refractivity contribution in [2.45, 2.75) is 0 Å². The van der Waals surface area contributed by atoms with Crippen molar-refractivity contribution in [2.24, 2.45) is 0 Å². The molecule has 1 N–H and O–H groups in total. The second-order valence-corrected chi connectivity index (χ2v) is 2.60. The van der Waals surface area contributed by atoms with Crippen molar-refractivity contribution in [3.05, 3.63) is 30.1 Å². The summed E-state index contributed by atoms with van der Waals surface area (Å²) in [6.07, 6.45) is 0. The molecule has 0 fully saturated rings. The average Bonchev–Trinajstić information content (AvgIpc) is 2.04. The normalized spacial score (nSPS) is 9.64. The highest BCUT2D eigenvalue weighted by atomic mass is 32.1. The Hall–Kier alpha value is -0.700. The second-order valence-electron chi connectivity index (χ2n) is 2.16.